The van der Waals surface area contributed by atoms with Gasteiger partial charge in [-0.2, -0.15) is 0 Å². The Balaban J connectivity index is 3.30. The Labute approximate surface area is 77.0 Å². The summed E-state index contributed by atoms with van der Waals surface area (Å²) in [5, 5.41) is 0. The van der Waals surface area contributed by atoms with E-state index in [4.69, 9.17) is 0 Å². The van der Waals surface area contributed by atoms with Gasteiger partial charge >= 0.3 is 77.3 Å². The van der Waals surface area contributed by atoms with E-state index in [1.54, 1.807) is 9.57 Å². The first-order valence-electron chi connectivity index (χ1n) is 2.77. The van der Waals surface area contributed by atoms with Crippen molar-refractivity contribution < 1.29 is 18.3 Å². The third kappa shape index (κ3) is 1.73. The Hall–Kier alpha value is -0.111. The van der Waals surface area contributed by atoms with Crippen molar-refractivity contribution in [2.45, 2.75) is 4.82 Å². The number of carbonyl (C=O) groups excluding carboxylic acids is 2. The van der Waals surface area contributed by atoms with Gasteiger partial charge in [0.1, 0.15) is 0 Å². The number of hydrogen-bond donors (Lipinski definition) is 0. The molecule has 0 aromatic carbocycles. The van der Waals surface area contributed by atoms with Gasteiger partial charge in [-0.1, -0.05) is 0 Å². The molecule has 60 valence electrons. The maximum atomic E-state index is 10.4. The van der Waals surface area contributed by atoms with Crippen LogP contribution in [-0.2, 0) is 18.3 Å². The number of allylic oxidation sites excluding steroid dienone is 4. The molecule has 0 atom stereocenters. The Morgan fingerprint density at radius 2 is 1.64 bits per heavy atom. The van der Waals surface area contributed by atoms with Crippen LogP contribution in [0.15, 0.2) is 24.3 Å². The van der Waals surface area contributed by atoms with Crippen LogP contribution in [0, 0.1) is 0 Å². The van der Waals surface area contributed by atoms with Crippen molar-refractivity contribution >= 4 is 29.9 Å². The van der Waals surface area contributed by atoms with Crippen LogP contribution in [0.5, 0.6) is 0 Å². The molecule has 1 rings (SSSR count). The SMILES string of the molecule is O=[C]=[Fe]([I])(=[C]=O)[CH]1C=CC=C1. The third-order valence-electron chi connectivity index (χ3n) is 1.23. The van der Waals surface area contributed by atoms with E-state index in [0.717, 1.165) is 0 Å². The van der Waals surface area contributed by atoms with E-state index < -0.39 is 8.72 Å². The molecule has 0 spiro atoms. The van der Waals surface area contributed by atoms with Crippen LogP contribution < -0.4 is 0 Å². The normalized spacial score (nSPS) is 17.9. The van der Waals surface area contributed by atoms with Gasteiger partial charge in [-0.25, -0.2) is 0 Å². The Morgan fingerprint density at radius 3 is 2.00 bits per heavy atom. The molecule has 1 aliphatic carbocycles. The van der Waals surface area contributed by atoms with Gasteiger partial charge in [0, 0.05) is 0 Å². The molecule has 2 nitrogen and oxygen atoms in total. The van der Waals surface area contributed by atoms with Gasteiger partial charge in [-0.05, 0) is 0 Å². The second-order valence-electron chi connectivity index (χ2n) is 1.85. The fraction of sp³-hybridized carbons (Fsp3) is 0.143. The molecular formula is C7H5FeIO2. The molecule has 0 saturated carbocycles. The van der Waals surface area contributed by atoms with Crippen molar-refractivity contribution in [1.82, 2.24) is 0 Å². The minimum atomic E-state index is -2.44. The first-order valence-corrected chi connectivity index (χ1v) is 8.07. The van der Waals surface area contributed by atoms with Gasteiger partial charge in [-0.15, -0.1) is 0 Å². The fourth-order valence-corrected chi connectivity index (χ4v) is 3.09. The van der Waals surface area contributed by atoms with E-state index in [1.807, 2.05) is 44.6 Å². The average Bonchev–Trinajstić information content (AvgIpc) is 2.55. The molecule has 0 unspecified atom stereocenters. The Bertz CT molecular complexity index is 343. The van der Waals surface area contributed by atoms with Crippen molar-refractivity contribution in [2.75, 3.05) is 0 Å². The van der Waals surface area contributed by atoms with Gasteiger partial charge < -0.3 is 0 Å². The van der Waals surface area contributed by atoms with Crippen LogP contribution >= 0.6 is 20.3 Å². The molecule has 0 fully saturated rings. The molecule has 0 bridgehead atoms. The molecule has 0 N–H and O–H groups in total. The van der Waals surface area contributed by atoms with E-state index in [-0.39, 0.29) is 4.82 Å². The van der Waals surface area contributed by atoms with Crippen molar-refractivity contribution in [2.24, 2.45) is 0 Å². The summed E-state index contributed by atoms with van der Waals surface area (Å²) < 4.78 is 0. The molecule has 4 heteroatoms. The van der Waals surface area contributed by atoms with Crippen LogP contribution in [0.1, 0.15) is 0 Å². The molecule has 1 aliphatic rings. The van der Waals surface area contributed by atoms with Crippen molar-refractivity contribution in [3.63, 3.8) is 0 Å². The van der Waals surface area contributed by atoms with Gasteiger partial charge in [0.05, 0.1) is 0 Å². The Kier molecular flexibility index (Phi) is 2.88. The molecule has 0 saturated heterocycles. The van der Waals surface area contributed by atoms with E-state index in [2.05, 4.69) is 0 Å². The average molecular weight is 304 g/mol. The third-order valence-corrected chi connectivity index (χ3v) is 6.70. The van der Waals surface area contributed by atoms with E-state index in [9.17, 15) is 9.59 Å². The predicted molar refractivity (Wildman–Crippen MR) is 47.4 cm³/mol. The quantitative estimate of drug-likeness (QED) is 0.544. The van der Waals surface area contributed by atoms with E-state index in [1.165, 1.54) is 0 Å². The number of rotatable bonds is 1. The monoisotopic (exact) mass is 304 g/mol. The van der Waals surface area contributed by atoms with Crippen LogP contribution in [0.3, 0.4) is 0 Å². The first kappa shape index (κ1) is 8.98. The molecule has 0 aliphatic heterocycles. The maximum absolute atomic E-state index is 10.4. The molecule has 0 amide bonds. The molecule has 0 radical (unpaired) electrons. The molecule has 11 heavy (non-hydrogen) atoms. The second kappa shape index (κ2) is 3.53. The summed E-state index contributed by atoms with van der Waals surface area (Å²) in [4.78, 5) is 24.4. The van der Waals surface area contributed by atoms with Crippen molar-refractivity contribution in [1.29, 1.82) is 0 Å². The molecular weight excluding hydrogens is 299 g/mol. The standard InChI is InChI=1S/C5H5.2CO.Fe.HI/c1-2-4-5-3-1;2*1-2;;/h1-5H;;;;1H/q;;;+1;/p-1. The van der Waals surface area contributed by atoms with Gasteiger partial charge in [0.15, 0.2) is 0 Å². The van der Waals surface area contributed by atoms with Crippen molar-refractivity contribution in [3.05, 3.63) is 24.3 Å². The summed E-state index contributed by atoms with van der Waals surface area (Å²) in [6.07, 6.45) is 7.33. The van der Waals surface area contributed by atoms with Gasteiger partial charge in [-0.3, -0.25) is 0 Å². The predicted octanol–water partition coefficient (Wildman–Crippen LogP) is 1.54. The summed E-state index contributed by atoms with van der Waals surface area (Å²) in [6.45, 7) is 0. The van der Waals surface area contributed by atoms with Crippen molar-refractivity contribution in [3.8, 4) is 0 Å². The zero-order valence-corrected chi connectivity index (χ0v) is 8.70. The minimum absolute atomic E-state index is 0.0573. The van der Waals surface area contributed by atoms with Crippen LogP contribution in [0.2, 0.25) is 4.82 Å². The zero-order valence-electron chi connectivity index (χ0n) is 5.43. The van der Waals surface area contributed by atoms with Gasteiger partial charge in [0.2, 0.25) is 0 Å². The van der Waals surface area contributed by atoms with E-state index in [0.29, 0.717) is 0 Å². The molecule has 0 aromatic rings. The fourth-order valence-electron chi connectivity index (χ4n) is 0.698. The van der Waals surface area contributed by atoms with Crippen LogP contribution in [0.25, 0.3) is 0 Å². The van der Waals surface area contributed by atoms with Gasteiger partial charge in [0.25, 0.3) is 0 Å². The summed E-state index contributed by atoms with van der Waals surface area (Å²) in [5.74, 6) is 0. The van der Waals surface area contributed by atoms with Crippen LogP contribution in [0.4, 0.5) is 0 Å². The number of halogens is 1. The Morgan fingerprint density at radius 1 is 1.18 bits per heavy atom. The molecule has 0 heterocycles. The number of hydrogen-bond acceptors (Lipinski definition) is 2. The summed E-state index contributed by atoms with van der Waals surface area (Å²) in [5.41, 5.74) is 0. The molecule has 0 aromatic heterocycles. The second-order valence-corrected chi connectivity index (χ2v) is 9.57. The summed E-state index contributed by atoms with van der Waals surface area (Å²) >= 11 is 1.88. The van der Waals surface area contributed by atoms with E-state index >= 15 is 0 Å². The van der Waals surface area contributed by atoms with Crippen LogP contribution in [-0.4, -0.2) is 9.57 Å². The summed E-state index contributed by atoms with van der Waals surface area (Å²) in [6, 6.07) is 0. The zero-order chi connectivity index (χ0) is 8.32. The topological polar surface area (TPSA) is 34.1 Å². The summed E-state index contributed by atoms with van der Waals surface area (Å²) in [7, 11) is -2.44. The first-order chi connectivity index (χ1) is 5.23.